The van der Waals surface area contributed by atoms with Crippen LogP contribution in [0.1, 0.15) is 34.1 Å². The Hall–Kier alpha value is -0.600. The first-order chi connectivity index (χ1) is 20.2. The van der Waals surface area contributed by atoms with E-state index in [1.165, 1.54) is 21.3 Å². The summed E-state index contributed by atoms with van der Waals surface area (Å²) < 4.78 is 40.2. The molecule has 0 spiro atoms. The molecule has 0 aliphatic carbocycles. The summed E-state index contributed by atoms with van der Waals surface area (Å²) in [5.41, 5.74) is 0. The van der Waals surface area contributed by atoms with E-state index in [0.29, 0.717) is 26.4 Å². The van der Waals surface area contributed by atoms with Crippen LogP contribution in [0.25, 0.3) is 0 Å². The van der Waals surface area contributed by atoms with Crippen molar-refractivity contribution in [2.24, 2.45) is 0 Å². The molecular formula is C28H56O15. The lowest BCUT2D eigenvalue weighted by atomic mass is 10.1. The molecule has 15 heteroatoms. The van der Waals surface area contributed by atoms with Crippen LogP contribution >= 0.6 is 0 Å². The molecule has 4 heterocycles. The number of aliphatic hydroxyl groups is 7. The van der Waals surface area contributed by atoms with Gasteiger partial charge in [0.15, 0.2) is 0 Å². The van der Waals surface area contributed by atoms with Gasteiger partial charge in [-0.2, -0.15) is 0 Å². The van der Waals surface area contributed by atoms with E-state index in [1.807, 2.05) is 6.92 Å². The Morgan fingerprint density at radius 2 is 0.721 bits per heavy atom. The Bertz CT molecular complexity index is 648. The van der Waals surface area contributed by atoms with Gasteiger partial charge in [-0.25, -0.2) is 0 Å². The molecule has 0 amide bonds. The molecule has 4 aliphatic rings. The van der Waals surface area contributed by atoms with Crippen molar-refractivity contribution in [1.29, 1.82) is 0 Å². The van der Waals surface area contributed by atoms with Crippen molar-refractivity contribution in [3.63, 3.8) is 0 Å². The molecule has 0 aromatic rings. The number of hydrogen-bond acceptors (Lipinski definition) is 15. The second-order valence-corrected chi connectivity index (χ2v) is 11.2. The molecular weight excluding hydrogens is 576 g/mol. The second kappa shape index (κ2) is 20.5. The van der Waals surface area contributed by atoms with Crippen LogP contribution in [0.3, 0.4) is 0 Å². The van der Waals surface area contributed by atoms with Crippen molar-refractivity contribution in [2.75, 3.05) is 54.9 Å². The smallest absolute Gasteiger partial charge is 0.111 e. The van der Waals surface area contributed by atoms with Gasteiger partial charge in [-0.05, 0) is 27.7 Å². The topological polar surface area (TPSA) is 215 Å². The highest BCUT2D eigenvalue weighted by Crippen LogP contribution is 2.22. The standard InChI is InChI=1S/3C7H14O4.C7H14O3/c3*1-4-6(8)7(9)5(11-4)3-10-2;1-5-3-6(8)7(10-5)4-9-2/h3*4-9H,3H2,1-2H3;5-8H,3-4H2,1-2H3. The maximum atomic E-state index is 9.30. The maximum absolute atomic E-state index is 9.30. The predicted molar refractivity (Wildman–Crippen MR) is 152 cm³/mol. The molecule has 258 valence electrons. The normalized spacial score (nSPS) is 43.7. The lowest BCUT2D eigenvalue weighted by Gasteiger charge is -2.12. The summed E-state index contributed by atoms with van der Waals surface area (Å²) in [7, 11) is 6.21. The molecule has 4 rings (SSSR count). The summed E-state index contributed by atoms with van der Waals surface area (Å²) in [4.78, 5) is 0. The predicted octanol–water partition coefficient (Wildman–Crippen LogP) is -2.40. The number of hydrogen-bond donors (Lipinski definition) is 7. The minimum Gasteiger partial charge on any atom is -0.390 e. The molecule has 4 aliphatic heterocycles. The lowest BCUT2D eigenvalue weighted by molar-refractivity contribution is -0.0290. The fraction of sp³-hybridized carbons (Fsp3) is 1.00. The molecule has 15 unspecified atom stereocenters. The van der Waals surface area contributed by atoms with Crippen LogP contribution in [0.5, 0.6) is 0 Å². The molecule has 0 aromatic carbocycles. The van der Waals surface area contributed by atoms with Gasteiger partial charge in [0, 0.05) is 34.9 Å². The Morgan fingerprint density at radius 1 is 0.442 bits per heavy atom. The van der Waals surface area contributed by atoms with E-state index in [0.717, 1.165) is 6.42 Å². The molecule has 15 atom stereocenters. The van der Waals surface area contributed by atoms with Gasteiger partial charge in [0.25, 0.3) is 0 Å². The van der Waals surface area contributed by atoms with Crippen molar-refractivity contribution >= 4 is 0 Å². The first kappa shape index (κ1) is 40.4. The molecule has 4 fully saturated rings. The zero-order valence-electron chi connectivity index (χ0n) is 26.6. The average molecular weight is 633 g/mol. The average Bonchev–Trinajstić information content (AvgIpc) is 3.59. The highest BCUT2D eigenvalue weighted by Gasteiger charge is 2.41. The summed E-state index contributed by atoms with van der Waals surface area (Å²) in [5, 5.41) is 64.9. The summed E-state index contributed by atoms with van der Waals surface area (Å²) in [6.07, 6.45) is -6.39. The van der Waals surface area contributed by atoms with Gasteiger partial charge < -0.3 is 73.6 Å². The van der Waals surface area contributed by atoms with Crippen LogP contribution in [0, 0.1) is 0 Å². The van der Waals surface area contributed by atoms with E-state index in [4.69, 9.17) is 37.9 Å². The summed E-state index contributed by atoms with van der Waals surface area (Å²) >= 11 is 0. The van der Waals surface area contributed by atoms with Crippen molar-refractivity contribution in [3.05, 3.63) is 0 Å². The summed E-state index contributed by atoms with van der Waals surface area (Å²) in [5.74, 6) is 0. The van der Waals surface area contributed by atoms with Crippen LogP contribution in [-0.4, -0.2) is 182 Å². The van der Waals surface area contributed by atoms with E-state index in [2.05, 4.69) is 0 Å². The van der Waals surface area contributed by atoms with Crippen LogP contribution in [0.15, 0.2) is 0 Å². The third-order valence-corrected chi connectivity index (χ3v) is 7.54. The van der Waals surface area contributed by atoms with E-state index in [9.17, 15) is 35.7 Å². The number of methoxy groups -OCH3 is 4. The van der Waals surface area contributed by atoms with Crippen molar-refractivity contribution in [3.8, 4) is 0 Å². The van der Waals surface area contributed by atoms with Gasteiger partial charge in [-0.1, -0.05) is 0 Å². The minimum absolute atomic E-state index is 0.111. The third kappa shape index (κ3) is 12.6. The zero-order valence-corrected chi connectivity index (χ0v) is 26.6. The Morgan fingerprint density at radius 3 is 0.907 bits per heavy atom. The zero-order chi connectivity index (χ0) is 32.9. The molecule has 15 nitrogen and oxygen atoms in total. The molecule has 0 aromatic heterocycles. The first-order valence-corrected chi connectivity index (χ1v) is 14.6. The van der Waals surface area contributed by atoms with Crippen LogP contribution in [0.4, 0.5) is 0 Å². The third-order valence-electron chi connectivity index (χ3n) is 7.54. The molecule has 43 heavy (non-hydrogen) atoms. The van der Waals surface area contributed by atoms with Gasteiger partial charge in [-0.15, -0.1) is 0 Å². The van der Waals surface area contributed by atoms with E-state index in [1.54, 1.807) is 27.9 Å². The molecule has 0 radical (unpaired) electrons. The Balaban J connectivity index is 0.000000287. The van der Waals surface area contributed by atoms with Crippen LogP contribution in [-0.2, 0) is 37.9 Å². The van der Waals surface area contributed by atoms with Gasteiger partial charge in [0.1, 0.15) is 61.0 Å². The van der Waals surface area contributed by atoms with Crippen LogP contribution < -0.4 is 0 Å². The fourth-order valence-electron chi connectivity index (χ4n) is 4.96. The highest BCUT2D eigenvalue weighted by atomic mass is 16.6. The van der Waals surface area contributed by atoms with Gasteiger partial charge in [0.2, 0.25) is 0 Å². The molecule has 0 saturated carbocycles. The lowest BCUT2D eigenvalue weighted by Crippen LogP contribution is -2.33. The van der Waals surface area contributed by atoms with E-state index >= 15 is 0 Å². The Kier molecular flexibility index (Phi) is 19.3. The van der Waals surface area contributed by atoms with Crippen molar-refractivity contribution in [1.82, 2.24) is 0 Å². The molecule has 0 bridgehead atoms. The van der Waals surface area contributed by atoms with Gasteiger partial charge in [-0.3, -0.25) is 0 Å². The van der Waals surface area contributed by atoms with E-state index in [-0.39, 0.29) is 54.9 Å². The monoisotopic (exact) mass is 632 g/mol. The number of ether oxygens (including phenoxy) is 8. The fourth-order valence-corrected chi connectivity index (χ4v) is 4.96. The largest absolute Gasteiger partial charge is 0.390 e. The van der Waals surface area contributed by atoms with Crippen molar-refractivity contribution in [2.45, 2.75) is 126 Å². The summed E-state index contributed by atoms with van der Waals surface area (Å²) in [6, 6.07) is 0. The minimum atomic E-state index is -0.815. The number of rotatable bonds is 8. The van der Waals surface area contributed by atoms with Gasteiger partial charge >= 0.3 is 0 Å². The first-order valence-electron chi connectivity index (χ1n) is 14.6. The van der Waals surface area contributed by atoms with Crippen molar-refractivity contribution < 1.29 is 73.6 Å². The van der Waals surface area contributed by atoms with Crippen LogP contribution in [0.2, 0.25) is 0 Å². The number of aliphatic hydroxyl groups excluding tert-OH is 7. The molecule has 4 saturated heterocycles. The maximum Gasteiger partial charge on any atom is 0.111 e. The summed E-state index contributed by atoms with van der Waals surface area (Å²) in [6.45, 7) is 8.59. The second-order valence-electron chi connectivity index (χ2n) is 11.2. The molecule has 7 N–H and O–H groups in total. The van der Waals surface area contributed by atoms with E-state index < -0.39 is 36.6 Å². The van der Waals surface area contributed by atoms with Gasteiger partial charge in [0.05, 0.1) is 56.9 Å². The Labute approximate surface area is 254 Å². The quantitative estimate of drug-likeness (QED) is 0.148. The SMILES string of the molecule is COCC1OC(C)C(O)C1O.COCC1OC(C)C(O)C1O.COCC1OC(C)C(O)C1O.COCC1OC(C)CC1O. The highest BCUT2D eigenvalue weighted by molar-refractivity contribution is 4.89.